The molecule has 0 bridgehead atoms. The van der Waals surface area contributed by atoms with Crippen LogP contribution in [0.25, 0.3) is 6.08 Å². The Bertz CT molecular complexity index is 495. The number of carboxylic acids is 1. The smallest absolute Gasteiger partial charge is 0.328 e. The van der Waals surface area contributed by atoms with Gasteiger partial charge in [0.05, 0.1) is 0 Å². The summed E-state index contributed by atoms with van der Waals surface area (Å²) in [6.07, 6.45) is 2.84. The summed E-state index contributed by atoms with van der Waals surface area (Å²) in [6.45, 7) is 2.83. The fourth-order valence-corrected chi connectivity index (χ4v) is 1.38. The molecule has 1 amide bonds. The van der Waals surface area contributed by atoms with E-state index in [1.165, 1.54) is 19.9 Å². The quantitative estimate of drug-likeness (QED) is 0.823. The van der Waals surface area contributed by atoms with Gasteiger partial charge in [-0.15, -0.1) is 0 Å². The fourth-order valence-electron chi connectivity index (χ4n) is 1.19. The van der Waals surface area contributed by atoms with Gasteiger partial charge in [-0.25, -0.2) is 4.79 Å². The Morgan fingerprint density at radius 2 is 2.06 bits per heavy atom. The first kappa shape index (κ1) is 14.3. The second kappa shape index (κ2) is 5.69. The van der Waals surface area contributed by atoms with Crippen molar-refractivity contribution in [2.24, 2.45) is 0 Å². The molecule has 4 nitrogen and oxygen atoms in total. The molecule has 1 rings (SSSR count). The van der Waals surface area contributed by atoms with Crippen molar-refractivity contribution < 1.29 is 14.7 Å². The highest BCUT2D eigenvalue weighted by Crippen LogP contribution is 2.11. The molecule has 1 aromatic rings. The maximum Gasteiger partial charge on any atom is 0.328 e. The molecule has 0 spiro atoms. The van der Waals surface area contributed by atoms with Gasteiger partial charge in [0.15, 0.2) is 0 Å². The van der Waals surface area contributed by atoms with Crippen LogP contribution in [0.1, 0.15) is 19.4 Å². The lowest BCUT2D eigenvalue weighted by molar-refractivity contribution is -0.145. The second-order valence-electron chi connectivity index (χ2n) is 4.31. The van der Waals surface area contributed by atoms with Crippen LogP contribution in [0, 0.1) is 0 Å². The number of amides is 1. The summed E-state index contributed by atoms with van der Waals surface area (Å²) in [6, 6.07) is 6.99. The first-order valence-electron chi connectivity index (χ1n) is 5.30. The van der Waals surface area contributed by atoms with Crippen molar-refractivity contribution in [2.75, 3.05) is 0 Å². The van der Waals surface area contributed by atoms with Gasteiger partial charge in [0.25, 0.3) is 0 Å². The lowest BCUT2D eigenvalue weighted by atomic mass is 10.1. The summed E-state index contributed by atoms with van der Waals surface area (Å²) >= 11 is 5.80. The van der Waals surface area contributed by atoms with Gasteiger partial charge in [-0.3, -0.25) is 4.79 Å². The van der Waals surface area contributed by atoms with Crippen LogP contribution in [0.15, 0.2) is 30.3 Å². The predicted molar refractivity (Wildman–Crippen MR) is 70.3 cm³/mol. The molecule has 1 aromatic carbocycles. The third-order valence-corrected chi connectivity index (χ3v) is 2.48. The van der Waals surface area contributed by atoms with Gasteiger partial charge >= 0.3 is 5.97 Å². The topological polar surface area (TPSA) is 66.4 Å². The largest absolute Gasteiger partial charge is 0.480 e. The van der Waals surface area contributed by atoms with Crippen LogP contribution < -0.4 is 5.32 Å². The van der Waals surface area contributed by atoms with E-state index in [0.717, 1.165) is 5.56 Å². The number of aliphatic carboxylic acids is 1. The Labute approximate surface area is 110 Å². The number of benzene rings is 1. The van der Waals surface area contributed by atoms with Crippen molar-refractivity contribution >= 4 is 29.6 Å². The van der Waals surface area contributed by atoms with Gasteiger partial charge in [-0.1, -0.05) is 23.7 Å². The SMILES string of the molecule is CC(C)(NC(=O)C=Cc1cccc(Cl)c1)C(=O)O. The van der Waals surface area contributed by atoms with Gasteiger partial charge < -0.3 is 10.4 Å². The van der Waals surface area contributed by atoms with Crippen LogP contribution in [-0.4, -0.2) is 22.5 Å². The summed E-state index contributed by atoms with van der Waals surface area (Å²) in [7, 11) is 0. The first-order chi connectivity index (χ1) is 8.31. The van der Waals surface area contributed by atoms with Crippen LogP contribution >= 0.6 is 11.6 Å². The minimum atomic E-state index is -1.30. The average Bonchev–Trinajstić information content (AvgIpc) is 2.25. The molecule has 0 heterocycles. The molecule has 0 radical (unpaired) electrons. The number of hydrogen-bond donors (Lipinski definition) is 2. The molecule has 0 unspecified atom stereocenters. The van der Waals surface area contributed by atoms with Crippen molar-refractivity contribution in [1.82, 2.24) is 5.32 Å². The molecule has 0 saturated heterocycles. The van der Waals surface area contributed by atoms with Crippen LogP contribution in [0.4, 0.5) is 0 Å². The molecular weight excluding hydrogens is 254 g/mol. The zero-order chi connectivity index (χ0) is 13.8. The second-order valence-corrected chi connectivity index (χ2v) is 4.74. The standard InChI is InChI=1S/C13H14ClNO3/c1-13(2,12(17)18)15-11(16)7-6-9-4-3-5-10(14)8-9/h3-8H,1-2H3,(H,15,16)(H,17,18). The zero-order valence-electron chi connectivity index (χ0n) is 10.1. The molecule has 0 atom stereocenters. The number of nitrogens with one attached hydrogen (secondary N) is 1. The Morgan fingerprint density at radius 3 is 2.61 bits per heavy atom. The molecule has 0 aliphatic heterocycles. The fraction of sp³-hybridized carbons (Fsp3) is 0.231. The van der Waals surface area contributed by atoms with E-state index in [4.69, 9.17) is 16.7 Å². The van der Waals surface area contributed by atoms with E-state index in [2.05, 4.69) is 5.32 Å². The zero-order valence-corrected chi connectivity index (χ0v) is 10.9. The minimum Gasteiger partial charge on any atom is -0.480 e. The van der Waals surface area contributed by atoms with E-state index in [1.54, 1.807) is 30.3 Å². The monoisotopic (exact) mass is 267 g/mol. The summed E-state index contributed by atoms with van der Waals surface area (Å²) in [4.78, 5) is 22.3. The first-order valence-corrected chi connectivity index (χ1v) is 5.68. The van der Waals surface area contributed by atoms with E-state index >= 15 is 0 Å². The number of carbonyl (C=O) groups is 2. The molecule has 5 heteroatoms. The Balaban J connectivity index is 2.68. The number of rotatable bonds is 4. The van der Waals surface area contributed by atoms with Gasteiger partial charge in [0, 0.05) is 11.1 Å². The highest BCUT2D eigenvalue weighted by molar-refractivity contribution is 6.30. The molecule has 0 aliphatic carbocycles. The molecule has 0 aliphatic rings. The molecule has 0 saturated carbocycles. The molecular formula is C13H14ClNO3. The van der Waals surface area contributed by atoms with Gasteiger partial charge in [0.2, 0.25) is 5.91 Å². The Hall–Kier alpha value is -1.81. The van der Waals surface area contributed by atoms with E-state index in [9.17, 15) is 9.59 Å². The molecule has 96 valence electrons. The average molecular weight is 268 g/mol. The number of hydrogen-bond acceptors (Lipinski definition) is 2. The summed E-state index contributed by atoms with van der Waals surface area (Å²) in [5.41, 5.74) is -0.527. The molecule has 0 fully saturated rings. The summed E-state index contributed by atoms with van der Waals surface area (Å²) < 4.78 is 0. The highest BCUT2D eigenvalue weighted by atomic mass is 35.5. The number of carbonyl (C=O) groups excluding carboxylic acids is 1. The lowest BCUT2D eigenvalue weighted by Gasteiger charge is -2.19. The Kier molecular flexibility index (Phi) is 4.50. The number of halogens is 1. The normalized spacial score (nSPS) is 11.5. The van der Waals surface area contributed by atoms with E-state index in [-0.39, 0.29) is 0 Å². The van der Waals surface area contributed by atoms with Crippen molar-refractivity contribution in [3.05, 3.63) is 40.9 Å². The van der Waals surface area contributed by atoms with Crippen LogP contribution in [0.5, 0.6) is 0 Å². The number of carboxylic acid groups (broad SMARTS) is 1. The maximum atomic E-state index is 11.5. The summed E-state index contributed by atoms with van der Waals surface area (Å²) in [5.74, 6) is -1.56. The molecule has 18 heavy (non-hydrogen) atoms. The minimum absolute atomic E-state index is 0.470. The lowest BCUT2D eigenvalue weighted by Crippen LogP contribution is -2.49. The summed E-state index contributed by atoms with van der Waals surface area (Å²) in [5, 5.41) is 11.8. The van der Waals surface area contributed by atoms with Gasteiger partial charge in [0.1, 0.15) is 5.54 Å². The van der Waals surface area contributed by atoms with E-state index in [0.29, 0.717) is 5.02 Å². The third kappa shape index (κ3) is 4.22. The van der Waals surface area contributed by atoms with Crippen LogP contribution in [0.2, 0.25) is 5.02 Å². The van der Waals surface area contributed by atoms with Gasteiger partial charge in [-0.05, 0) is 37.6 Å². The van der Waals surface area contributed by atoms with E-state index < -0.39 is 17.4 Å². The Morgan fingerprint density at radius 1 is 1.39 bits per heavy atom. The van der Waals surface area contributed by atoms with Crippen LogP contribution in [-0.2, 0) is 9.59 Å². The van der Waals surface area contributed by atoms with Crippen LogP contribution in [0.3, 0.4) is 0 Å². The van der Waals surface area contributed by atoms with Crippen molar-refractivity contribution in [1.29, 1.82) is 0 Å². The predicted octanol–water partition coefficient (Wildman–Crippen LogP) is 2.33. The van der Waals surface area contributed by atoms with Crippen molar-refractivity contribution in [3.8, 4) is 0 Å². The van der Waals surface area contributed by atoms with Gasteiger partial charge in [-0.2, -0.15) is 0 Å². The molecule has 2 N–H and O–H groups in total. The highest BCUT2D eigenvalue weighted by Gasteiger charge is 2.27. The third-order valence-electron chi connectivity index (χ3n) is 2.25. The van der Waals surface area contributed by atoms with E-state index in [1.807, 2.05) is 0 Å². The van der Waals surface area contributed by atoms with Crippen molar-refractivity contribution in [3.63, 3.8) is 0 Å². The maximum absolute atomic E-state index is 11.5. The van der Waals surface area contributed by atoms with Crippen molar-refractivity contribution in [2.45, 2.75) is 19.4 Å². The molecule has 0 aromatic heterocycles.